The van der Waals surface area contributed by atoms with Gasteiger partial charge in [0.15, 0.2) is 0 Å². The number of carbonyl (C=O) groups excluding carboxylic acids is 1. The molecule has 1 atom stereocenters. The van der Waals surface area contributed by atoms with Crippen molar-refractivity contribution in [3.8, 4) is 6.07 Å². The summed E-state index contributed by atoms with van der Waals surface area (Å²) in [5.41, 5.74) is 2.64. The third-order valence-corrected chi connectivity index (χ3v) is 6.34. The third kappa shape index (κ3) is 4.89. The van der Waals surface area contributed by atoms with Crippen molar-refractivity contribution in [2.45, 2.75) is 18.9 Å². The molecule has 7 heteroatoms. The van der Waals surface area contributed by atoms with E-state index < -0.39 is 0 Å². The van der Waals surface area contributed by atoms with E-state index >= 15 is 0 Å². The molecule has 2 aromatic carbocycles. The Balaban J connectivity index is 1.50. The molecule has 2 aromatic rings. The van der Waals surface area contributed by atoms with Crippen LogP contribution in [0.25, 0.3) is 0 Å². The van der Waals surface area contributed by atoms with E-state index in [2.05, 4.69) is 33.3 Å². The van der Waals surface area contributed by atoms with Gasteiger partial charge in [0.2, 0.25) is 5.91 Å². The minimum absolute atomic E-state index is 0.0978. The fraction of sp³-hybridized carbons (Fsp3) is 0.391. The maximum atomic E-state index is 11.9. The van der Waals surface area contributed by atoms with Crippen molar-refractivity contribution in [3.05, 3.63) is 63.6 Å². The van der Waals surface area contributed by atoms with Crippen LogP contribution in [0.15, 0.2) is 42.5 Å². The van der Waals surface area contributed by atoms with Crippen LogP contribution in [0.2, 0.25) is 10.0 Å². The summed E-state index contributed by atoms with van der Waals surface area (Å²) in [5, 5.41) is 13.5. The molecule has 1 amide bonds. The molecule has 1 N–H and O–H groups in total. The summed E-state index contributed by atoms with van der Waals surface area (Å²) in [6.45, 7) is 3.98. The lowest BCUT2D eigenvalue weighted by molar-refractivity contribution is -0.122. The van der Waals surface area contributed by atoms with E-state index in [9.17, 15) is 4.79 Å². The number of hydrogen-bond acceptors (Lipinski definition) is 4. The number of halogens is 2. The molecule has 1 saturated carbocycles. The minimum Gasteiger partial charge on any atom is -0.361 e. The lowest BCUT2D eigenvalue weighted by Crippen LogP contribution is -2.50. The highest BCUT2D eigenvalue weighted by atomic mass is 35.5. The molecule has 4 rings (SSSR count). The molecule has 1 aliphatic heterocycles. The molecule has 1 heterocycles. The average Bonchev–Trinajstić information content (AvgIpc) is 3.60. The molecule has 1 saturated heterocycles. The second-order valence-electron chi connectivity index (χ2n) is 7.90. The van der Waals surface area contributed by atoms with Crippen LogP contribution in [0.1, 0.15) is 30.0 Å². The van der Waals surface area contributed by atoms with E-state index in [-0.39, 0.29) is 17.9 Å². The maximum absolute atomic E-state index is 11.9. The molecule has 2 aliphatic rings. The molecule has 30 heavy (non-hydrogen) atoms. The first-order valence-electron chi connectivity index (χ1n) is 10.3. The second-order valence-corrected chi connectivity index (χ2v) is 8.75. The monoisotopic (exact) mass is 442 g/mol. The fourth-order valence-corrected chi connectivity index (χ4v) is 4.35. The number of amides is 1. The zero-order chi connectivity index (χ0) is 21.1. The quantitative estimate of drug-likeness (QED) is 0.725. The fourth-order valence-electron chi connectivity index (χ4n) is 3.94. The summed E-state index contributed by atoms with van der Waals surface area (Å²) >= 11 is 12.6. The molecule has 5 nitrogen and oxygen atoms in total. The van der Waals surface area contributed by atoms with Crippen molar-refractivity contribution < 1.29 is 4.79 Å². The third-order valence-electron chi connectivity index (χ3n) is 5.78. The van der Waals surface area contributed by atoms with Crippen LogP contribution in [-0.2, 0) is 4.79 Å². The Hall–Kier alpha value is -2.26. The van der Waals surface area contributed by atoms with Gasteiger partial charge >= 0.3 is 0 Å². The minimum atomic E-state index is 0.0978. The van der Waals surface area contributed by atoms with Gasteiger partial charge in [0.05, 0.1) is 28.4 Å². The van der Waals surface area contributed by atoms with Crippen molar-refractivity contribution in [2.75, 3.05) is 37.6 Å². The van der Waals surface area contributed by atoms with Crippen LogP contribution < -0.4 is 10.2 Å². The van der Waals surface area contributed by atoms with Gasteiger partial charge in [-0.05, 0) is 48.7 Å². The highest BCUT2D eigenvalue weighted by Crippen LogP contribution is 2.36. The van der Waals surface area contributed by atoms with Gasteiger partial charge in [-0.25, -0.2) is 0 Å². The standard InChI is InChI=1S/C23H24Cl2N4O/c24-19-6-4-17(5-7-19)22-15-28(10-9-27-23(30)18-2-3-18)11-12-29(22)21-8-1-16(14-26)13-20(21)25/h1,4-8,13,18,22H,2-3,9-12,15H2,(H,27,30)/t22-/m0/s1. The summed E-state index contributed by atoms with van der Waals surface area (Å²) in [6.07, 6.45) is 2.04. The molecule has 0 bridgehead atoms. The van der Waals surface area contributed by atoms with Gasteiger partial charge in [0.25, 0.3) is 0 Å². The van der Waals surface area contributed by atoms with E-state index in [0.29, 0.717) is 22.2 Å². The van der Waals surface area contributed by atoms with Gasteiger partial charge in [0.1, 0.15) is 0 Å². The molecular weight excluding hydrogens is 419 g/mol. The van der Waals surface area contributed by atoms with Crippen molar-refractivity contribution in [3.63, 3.8) is 0 Å². The number of benzene rings is 2. The molecule has 0 unspecified atom stereocenters. The van der Waals surface area contributed by atoms with Gasteiger partial charge < -0.3 is 10.2 Å². The number of anilines is 1. The highest BCUT2D eigenvalue weighted by molar-refractivity contribution is 6.33. The number of carbonyl (C=O) groups is 1. The summed E-state index contributed by atoms with van der Waals surface area (Å²) in [5.74, 6) is 0.425. The van der Waals surface area contributed by atoms with Crippen LogP contribution in [0.5, 0.6) is 0 Å². The smallest absolute Gasteiger partial charge is 0.223 e. The molecule has 0 spiro atoms. The zero-order valence-corrected chi connectivity index (χ0v) is 18.2. The van der Waals surface area contributed by atoms with Crippen LogP contribution in [0.4, 0.5) is 5.69 Å². The van der Waals surface area contributed by atoms with Crippen LogP contribution >= 0.6 is 23.2 Å². The number of nitrogens with zero attached hydrogens (tertiary/aromatic N) is 3. The Morgan fingerprint density at radius 2 is 1.90 bits per heavy atom. The maximum Gasteiger partial charge on any atom is 0.223 e. The topological polar surface area (TPSA) is 59.4 Å². The molecule has 1 aliphatic carbocycles. The predicted molar refractivity (Wildman–Crippen MR) is 120 cm³/mol. The van der Waals surface area contributed by atoms with E-state index in [1.165, 1.54) is 0 Å². The van der Waals surface area contributed by atoms with Crippen molar-refractivity contribution >= 4 is 34.8 Å². The van der Waals surface area contributed by atoms with E-state index in [1.54, 1.807) is 12.1 Å². The Kier molecular flexibility index (Phi) is 6.48. The van der Waals surface area contributed by atoms with Gasteiger partial charge in [-0.3, -0.25) is 9.69 Å². The van der Waals surface area contributed by atoms with E-state index in [4.69, 9.17) is 28.5 Å². The number of hydrogen-bond donors (Lipinski definition) is 1. The molecule has 2 fully saturated rings. The van der Waals surface area contributed by atoms with Crippen LogP contribution in [0.3, 0.4) is 0 Å². The number of rotatable bonds is 6. The second kappa shape index (κ2) is 9.26. The van der Waals surface area contributed by atoms with E-state index in [1.807, 2.05) is 18.2 Å². The Labute approximate surface area is 187 Å². The van der Waals surface area contributed by atoms with Gasteiger partial charge in [-0.1, -0.05) is 35.3 Å². The molecule has 0 aromatic heterocycles. The summed E-state index contributed by atoms with van der Waals surface area (Å²) in [6, 6.07) is 15.6. The summed E-state index contributed by atoms with van der Waals surface area (Å²) in [4.78, 5) is 16.6. The lowest BCUT2D eigenvalue weighted by atomic mass is 10.0. The predicted octanol–water partition coefficient (Wildman–Crippen LogP) is 4.25. The zero-order valence-electron chi connectivity index (χ0n) is 16.7. The van der Waals surface area contributed by atoms with Crippen molar-refractivity contribution in [2.24, 2.45) is 5.92 Å². The highest BCUT2D eigenvalue weighted by Gasteiger charge is 2.31. The van der Waals surface area contributed by atoms with Gasteiger partial charge in [-0.2, -0.15) is 5.26 Å². The Morgan fingerprint density at radius 3 is 2.57 bits per heavy atom. The number of nitriles is 1. The number of nitrogens with one attached hydrogen (secondary N) is 1. The van der Waals surface area contributed by atoms with Gasteiger partial charge in [-0.15, -0.1) is 0 Å². The first-order valence-corrected chi connectivity index (χ1v) is 11.0. The van der Waals surface area contributed by atoms with Crippen molar-refractivity contribution in [1.29, 1.82) is 5.26 Å². The van der Waals surface area contributed by atoms with Crippen LogP contribution in [0, 0.1) is 17.2 Å². The first kappa shape index (κ1) is 21.0. The van der Waals surface area contributed by atoms with Crippen molar-refractivity contribution in [1.82, 2.24) is 10.2 Å². The van der Waals surface area contributed by atoms with Gasteiger partial charge in [0, 0.05) is 43.7 Å². The molecule has 0 radical (unpaired) electrons. The SMILES string of the molecule is N#Cc1ccc(N2CCN(CCNC(=O)C3CC3)C[C@H]2c2ccc(Cl)cc2)c(Cl)c1. The first-order chi connectivity index (χ1) is 14.5. The Bertz CT molecular complexity index is 953. The van der Waals surface area contributed by atoms with Crippen LogP contribution in [-0.4, -0.2) is 43.5 Å². The molecule has 156 valence electrons. The lowest BCUT2D eigenvalue weighted by Gasteiger charge is -2.43. The summed E-state index contributed by atoms with van der Waals surface area (Å²) in [7, 11) is 0. The average molecular weight is 443 g/mol. The van der Waals surface area contributed by atoms with E-state index in [0.717, 1.165) is 50.3 Å². The number of piperazine rings is 1. The summed E-state index contributed by atoms with van der Waals surface area (Å²) < 4.78 is 0. The largest absolute Gasteiger partial charge is 0.361 e. The Morgan fingerprint density at radius 1 is 1.13 bits per heavy atom. The molecular formula is C23H24Cl2N4O. The normalized spacial score (nSPS) is 19.4.